The predicted octanol–water partition coefficient (Wildman–Crippen LogP) is 3.24. The van der Waals surface area contributed by atoms with E-state index in [1.165, 1.54) is 17.4 Å². The summed E-state index contributed by atoms with van der Waals surface area (Å²) in [5.41, 5.74) is 0.549. The number of rotatable bonds is 5. The van der Waals surface area contributed by atoms with E-state index < -0.39 is 10.0 Å². The zero-order chi connectivity index (χ0) is 14.8. The first-order chi connectivity index (χ1) is 9.42. The van der Waals surface area contributed by atoms with E-state index in [2.05, 4.69) is 36.6 Å². The number of hydrogen-bond acceptors (Lipinski definition) is 4. The van der Waals surface area contributed by atoms with Gasteiger partial charge in [-0.25, -0.2) is 13.1 Å². The summed E-state index contributed by atoms with van der Waals surface area (Å²) in [6, 6.07) is 6.60. The Balaban J connectivity index is 2.21. The Morgan fingerprint density at radius 3 is 2.60 bits per heavy atom. The number of thiophene rings is 1. The Morgan fingerprint density at radius 1 is 1.25 bits per heavy atom. The molecule has 0 aliphatic rings. The van der Waals surface area contributed by atoms with Gasteiger partial charge in [0.15, 0.2) is 0 Å². The normalized spacial score (nSPS) is 11.8. The Bertz CT molecular complexity index is 713. The zero-order valence-electron chi connectivity index (χ0n) is 10.1. The molecular weight excluding hydrogens is 430 g/mol. The highest BCUT2D eigenvalue weighted by molar-refractivity contribution is 9.10. The maximum atomic E-state index is 12.3. The molecule has 0 spiro atoms. The van der Waals surface area contributed by atoms with Gasteiger partial charge in [0.2, 0.25) is 10.0 Å². The van der Waals surface area contributed by atoms with Gasteiger partial charge in [-0.15, -0.1) is 11.3 Å². The van der Waals surface area contributed by atoms with Crippen LogP contribution in [0.3, 0.4) is 0 Å². The lowest BCUT2D eigenvalue weighted by atomic mass is 10.2. The van der Waals surface area contributed by atoms with Crippen LogP contribution in [0.5, 0.6) is 0 Å². The average Bonchev–Trinajstić information content (AvgIpc) is 2.83. The molecule has 1 aromatic heterocycles. The van der Waals surface area contributed by atoms with Gasteiger partial charge in [0.25, 0.3) is 0 Å². The molecule has 2 aromatic rings. The van der Waals surface area contributed by atoms with Gasteiger partial charge in [-0.1, -0.05) is 6.07 Å². The fraction of sp³-hybridized carbons (Fsp3) is 0.167. The second-order valence-corrected chi connectivity index (χ2v) is 8.48. The Hall–Kier alpha value is -0.250. The van der Waals surface area contributed by atoms with Crippen molar-refractivity contribution in [2.45, 2.75) is 18.0 Å². The number of aliphatic hydroxyl groups is 1. The second-order valence-electron chi connectivity index (χ2n) is 3.98. The molecule has 0 atom stereocenters. The van der Waals surface area contributed by atoms with Gasteiger partial charge >= 0.3 is 0 Å². The van der Waals surface area contributed by atoms with Crippen molar-refractivity contribution < 1.29 is 13.5 Å². The lowest BCUT2D eigenvalue weighted by Crippen LogP contribution is -2.23. The third kappa shape index (κ3) is 3.90. The summed E-state index contributed by atoms with van der Waals surface area (Å²) in [4.78, 5) is 1.04. The molecule has 20 heavy (non-hydrogen) atoms. The monoisotopic (exact) mass is 439 g/mol. The summed E-state index contributed by atoms with van der Waals surface area (Å²) in [6.07, 6.45) is 0. The summed E-state index contributed by atoms with van der Waals surface area (Å²) in [5, 5.41) is 11.0. The Labute approximate surface area is 138 Å². The van der Waals surface area contributed by atoms with E-state index in [0.717, 1.165) is 9.35 Å². The third-order valence-corrected chi connectivity index (χ3v) is 6.62. The molecule has 4 nitrogen and oxygen atoms in total. The molecule has 0 saturated heterocycles. The van der Waals surface area contributed by atoms with E-state index in [9.17, 15) is 8.42 Å². The lowest BCUT2D eigenvalue weighted by molar-refractivity contribution is 0.281. The van der Waals surface area contributed by atoms with Crippen LogP contribution < -0.4 is 4.72 Å². The first-order valence-corrected chi connectivity index (χ1v) is 9.49. The van der Waals surface area contributed by atoms with Gasteiger partial charge in [0.1, 0.15) is 0 Å². The van der Waals surface area contributed by atoms with Crippen LogP contribution in [0.1, 0.15) is 10.4 Å². The maximum absolute atomic E-state index is 12.3. The standard InChI is InChI=1S/C12H11Br2NO3S2/c13-9-4-10(19-7-9)5-15-20(17,18)12-3-8(6-16)1-2-11(12)14/h1-4,7,15-16H,5-6H2. The Kier molecular flexibility index (Phi) is 5.38. The van der Waals surface area contributed by atoms with Crippen molar-refractivity contribution >= 4 is 53.2 Å². The van der Waals surface area contributed by atoms with Crippen molar-refractivity contribution in [3.05, 3.63) is 49.0 Å². The van der Waals surface area contributed by atoms with Crippen molar-refractivity contribution in [3.63, 3.8) is 0 Å². The van der Waals surface area contributed by atoms with Crippen molar-refractivity contribution in [2.24, 2.45) is 0 Å². The second kappa shape index (κ2) is 6.67. The molecule has 0 aliphatic carbocycles. The van der Waals surface area contributed by atoms with Crippen LogP contribution in [-0.2, 0) is 23.2 Å². The van der Waals surface area contributed by atoms with Crippen molar-refractivity contribution in [2.75, 3.05) is 0 Å². The van der Waals surface area contributed by atoms with Crippen LogP contribution in [0.15, 0.2) is 43.5 Å². The minimum absolute atomic E-state index is 0.125. The van der Waals surface area contributed by atoms with Crippen LogP contribution in [0.4, 0.5) is 0 Å². The van der Waals surface area contributed by atoms with Gasteiger partial charge in [-0.05, 0) is 55.6 Å². The third-order valence-electron chi connectivity index (χ3n) is 2.53. The molecule has 0 unspecified atom stereocenters. The molecule has 0 radical (unpaired) electrons. The van der Waals surface area contributed by atoms with E-state index >= 15 is 0 Å². The molecule has 0 amide bonds. The molecule has 0 aliphatic heterocycles. The number of benzene rings is 1. The first-order valence-electron chi connectivity index (χ1n) is 5.54. The largest absolute Gasteiger partial charge is 0.392 e. The summed E-state index contributed by atoms with van der Waals surface area (Å²) >= 11 is 8.02. The minimum atomic E-state index is -3.63. The number of aliphatic hydroxyl groups excluding tert-OH is 1. The van der Waals surface area contributed by atoms with Crippen LogP contribution in [-0.4, -0.2) is 13.5 Å². The zero-order valence-corrected chi connectivity index (χ0v) is 14.9. The maximum Gasteiger partial charge on any atom is 0.242 e. The number of nitrogens with one attached hydrogen (secondary N) is 1. The lowest BCUT2D eigenvalue weighted by Gasteiger charge is -2.09. The summed E-state index contributed by atoms with van der Waals surface area (Å²) < 4.78 is 28.5. The van der Waals surface area contributed by atoms with Crippen molar-refractivity contribution in [1.29, 1.82) is 0 Å². The van der Waals surface area contributed by atoms with E-state index in [4.69, 9.17) is 5.11 Å². The molecule has 8 heteroatoms. The summed E-state index contributed by atoms with van der Waals surface area (Å²) in [7, 11) is -3.63. The molecule has 2 rings (SSSR count). The Morgan fingerprint density at radius 2 is 2.00 bits per heavy atom. The number of halogens is 2. The van der Waals surface area contributed by atoms with Crippen LogP contribution >= 0.6 is 43.2 Å². The smallest absolute Gasteiger partial charge is 0.242 e. The fourth-order valence-corrected chi connectivity index (χ4v) is 5.04. The fourth-order valence-electron chi connectivity index (χ4n) is 1.54. The highest BCUT2D eigenvalue weighted by Gasteiger charge is 2.18. The molecule has 0 bridgehead atoms. The summed E-state index contributed by atoms with van der Waals surface area (Å²) in [5.74, 6) is 0. The van der Waals surface area contributed by atoms with Gasteiger partial charge in [0.05, 0.1) is 11.5 Å². The van der Waals surface area contributed by atoms with Crippen molar-refractivity contribution in [1.82, 2.24) is 4.72 Å². The minimum Gasteiger partial charge on any atom is -0.392 e. The SMILES string of the molecule is O=S(=O)(NCc1cc(Br)cs1)c1cc(CO)ccc1Br. The number of hydrogen-bond donors (Lipinski definition) is 2. The number of sulfonamides is 1. The highest BCUT2D eigenvalue weighted by atomic mass is 79.9. The van der Waals surface area contributed by atoms with Crippen LogP contribution in [0.2, 0.25) is 0 Å². The average molecular weight is 441 g/mol. The van der Waals surface area contributed by atoms with Crippen LogP contribution in [0, 0.1) is 0 Å². The van der Waals surface area contributed by atoms with Crippen LogP contribution in [0.25, 0.3) is 0 Å². The molecule has 1 aromatic carbocycles. The summed E-state index contributed by atoms with van der Waals surface area (Å²) in [6.45, 7) is 0.0298. The van der Waals surface area contributed by atoms with Gasteiger partial charge in [-0.2, -0.15) is 0 Å². The van der Waals surface area contributed by atoms with Gasteiger partial charge in [0, 0.05) is 25.7 Å². The molecular formula is C12H11Br2NO3S2. The predicted molar refractivity (Wildman–Crippen MR) is 86.1 cm³/mol. The van der Waals surface area contributed by atoms with E-state index in [1.807, 2.05) is 11.4 Å². The highest BCUT2D eigenvalue weighted by Crippen LogP contribution is 2.24. The molecule has 0 fully saturated rings. The molecule has 1 heterocycles. The van der Waals surface area contributed by atoms with E-state index in [1.54, 1.807) is 12.1 Å². The van der Waals surface area contributed by atoms with Gasteiger partial charge < -0.3 is 5.11 Å². The van der Waals surface area contributed by atoms with E-state index in [0.29, 0.717) is 10.0 Å². The molecule has 108 valence electrons. The first kappa shape index (κ1) is 16.1. The van der Waals surface area contributed by atoms with Crippen molar-refractivity contribution in [3.8, 4) is 0 Å². The topological polar surface area (TPSA) is 66.4 Å². The van der Waals surface area contributed by atoms with E-state index in [-0.39, 0.29) is 18.0 Å². The molecule has 0 saturated carbocycles. The molecule has 2 N–H and O–H groups in total. The quantitative estimate of drug-likeness (QED) is 0.749. The van der Waals surface area contributed by atoms with Gasteiger partial charge in [-0.3, -0.25) is 0 Å².